The van der Waals surface area contributed by atoms with Gasteiger partial charge in [0, 0.05) is 12.0 Å². The van der Waals surface area contributed by atoms with Gasteiger partial charge in [-0.05, 0) is 6.42 Å². The second-order valence-corrected chi connectivity index (χ2v) is 3.48. The van der Waals surface area contributed by atoms with Crippen LogP contribution in [0, 0.1) is 11.8 Å². The maximum Gasteiger partial charge on any atom is 0.330 e. The fourth-order valence-corrected chi connectivity index (χ4v) is 1.45. The summed E-state index contributed by atoms with van der Waals surface area (Å²) in [5.41, 5.74) is 0. The van der Waals surface area contributed by atoms with E-state index in [-0.39, 0.29) is 0 Å². The SMILES string of the molecule is CCC(/C=C/C(=O)OC)C(C(=O)OC)C(=O)OC. The van der Waals surface area contributed by atoms with Gasteiger partial charge in [0.25, 0.3) is 0 Å². The molecular weight excluding hydrogens is 240 g/mol. The first-order valence-corrected chi connectivity index (χ1v) is 5.43. The highest BCUT2D eigenvalue weighted by Crippen LogP contribution is 2.20. The van der Waals surface area contributed by atoms with Crippen molar-refractivity contribution in [1.82, 2.24) is 0 Å². The van der Waals surface area contributed by atoms with Crippen LogP contribution in [0.15, 0.2) is 12.2 Å². The quantitative estimate of drug-likeness (QED) is 0.302. The van der Waals surface area contributed by atoms with Gasteiger partial charge in [0.05, 0.1) is 21.3 Å². The van der Waals surface area contributed by atoms with Crippen molar-refractivity contribution in [3.8, 4) is 0 Å². The summed E-state index contributed by atoms with van der Waals surface area (Å²) >= 11 is 0. The molecule has 0 spiro atoms. The first-order chi connectivity index (χ1) is 8.51. The molecule has 0 radical (unpaired) electrons. The van der Waals surface area contributed by atoms with Crippen molar-refractivity contribution < 1.29 is 28.6 Å². The molecule has 0 aromatic heterocycles. The Bertz CT molecular complexity index is 317. The maximum absolute atomic E-state index is 11.6. The lowest BCUT2D eigenvalue weighted by atomic mass is 9.89. The molecule has 0 aliphatic heterocycles. The van der Waals surface area contributed by atoms with Crippen molar-refractivity contribution >= 4 is 17.9 Å². The van der Waals surface area contributed by atoms with Gasteiger partial charge in [-0.2, -0.15) is 0 Å². The van der Waals surface area contributed by atoms with E-state index < -0.39 is 29.7 Å². The topological polar surface area (TPSA) is 78.9 Å². The van der Waals surface area contributed by atoms with E-state index in [0.717, 1.165) is 0 Å². The van der Waals surface area contributed by atoms with Gasteiger partial charge in [0.15, 0.2) is 5.92 Å². The third kappa shape index (κ3) is 4.57. The van der Waals surface area contributed by atoms with Crippen LogP contribution in [-0.2, 0) is 28.6 Å². The summed E-state index contributed by atoms with van der Waals surface area (Å²) < 4.78 is 13.6. The molecule has 0 bridgehead atoms. The van der Waals surface area contributed by atoms with Gasteiger partial charge in [0.1, 0.15) is 0 Å². The Morgan fingerprint density at radius 1 is 1.00 bits per heavy atom. The molecule has 0 aromatic rings. The van der Waals surface area contributed by atoms with E-state index >= 15 is 0 Å². The van der Waals surface area contributed by atoms with Crippen LogP contribution in [0.25, 0.3) is 0 Å². The first kappa shape index (κ1) is 16.1. The number of esters is 3. The molecule has 0 rings (SSSR count). The van der Waals surface area contributed by atoms with E-state index in [2.05, 4.69) is 14.2 Å². The largest absolute Gasteiger partial charge is 0.468 e. The normalized spacial score (nSPS) is 12.3. The van der Waals surface area contributed by atoms with Crippen LogP contribution >= 0.6 is 0 Å². The lowest BCUT2D eigenvalue weighted by Crippen LogP contribution is -2.32. The van der Waals surface area contributed by atoms with E-state index in [1.807, 2.05) is 0 Å². The molecule has 0 aliphatic carbocycles. The van der Waals surface area contributed by atoms with E-state index in [1.165, 1.54) is 33.5 Å². The summed E-state index contributed by atoms with van der Waals surface area (Å²) in [6.07, 6.45) is 3.10. The number of carbonyl (C=O) groups excluding carboxylic acids is 3. The number of allylic oxidation sites excluding steroid dienone is 1. The zero-order chi connectivity index (χ0) is 14.1. The standard InChI is InChI=1S/C12H18O6/c1-5-8(6-7-9(13)16-2)10(11(14)17-3)12(15)18-4/h6-8,10H,5H2,1-4H3/b7-6+. The maximum atomic E-state index is 11.6. The molecule has 0 saturated carbocycles. The minimum absolute atomic E-state index is 0.475. The number of hydrogen-bond acceptors (Lipinski definition) is 6. The summed E-state index contributed by atoms with van der Waals surface area (Å²) in [6.45, 7) is 1.78. The second-order valence-electron chi connectivity index (χ2n) is 3.48. The number of carbonyl (C=O) groups is 3. The molecule has 1 atom stereocenters. The molecule has 18 heavy (non-hydrogen) atoms. The molecule has 102 valence electrons. The van der Waals surface area contributed by atoms with Gasteiger partial charge >= 0.3 is 17.9 Å². The first-order valence-electron chi connectivity index (χ1n) is 5.43. The highest BCUT2D eigenvalue weighted by atomic mass is 16.5. The molecule has 6 nitrogen and oxygen atoms in total. The number of ether oxygens (including phenoxy) is 3. The molecule has 0 N–H and O–H groups in total. The van der Waals surface area contributed by atoms with Crippen LogP contribution in [0.4, 0.5) is 0 Å². The fourth-order valence-electron chi connectivity index (χ4n) is 1.45. The van der Waals surface area contributed by atoms with Crippen molar-refractivity contribution in [2.24, 2.45) is 11.8 Å². The summed E-state index contributed by atoms with van der Waals surface area (Å²) in [4.78, 5) is 34.1. The van der Waals surface area contributed by atoms with Crippen LogP contribution in [0.2, 0.25) is 0 Å². The Balaban J connectivity index is 5.04. The molecular formula is C12H18O6. The lowest BCUT2D eigenvalue weighted by molar-refractivity contribution is -0.160. The minimum Gasteiger partial charge on any atom is -0.468 e. The number of rotatable bonds is 6. The van der Waals surface area contributed by atoms with Gasteiger partial charge in [-0.25, -0.2) is 4.79 Å². The Labute approximate surface area is 106 Å². The van der Waals surface area contributed by atoms with Crippen LogP contribution in [0.1, 0.15) is 13.3 Å². The Hall–Kier alpha value is -1.85. The van der Waals surface area contributed by atoms with E-state index in [9.17, 15) is 14.4 Å². The highest BCUT2D eigenvalue weighted by Gasteiger charge is 2.34. The molecule has 0 saturated heterocycles. The Morgan fingerprint density at radius 2 is 1.50 bits per heavy atom. The van der Waals surface area contributed by atoms with Crippen LogP contribution in [0.5, 0.6) is 0 Å². The highest BCUT2D eigenvalue weighted by molar-refractivity contribution is 5.95. The molecule has 0 aliphatic rings. The molecule has 1 unspecified atom stereocenters. The van der Waals surface area contributed by atoms with Gasteiger partial charge in [-0.15, -0.1) is 0 Å². The third-order valence-electron chi connectivity index (χ3n) is 2.49. The van der Waals surface area contributed by atoms with Gasteiger partial charge < -0.3 is 14.2 Å². The zero-order valence-corrected chi connectivity index (χ0v) is 11.0. The Kier molecular flexibility index (Phi) is 7.42. The number of hydrogen-bond donors (Lipinski definition) is 0. The van der Waals surface area contributed by atoms with Crippen molar-refractivity contribution in [3.63, 3.8) is 0 Å². The Morgan fingerprint density at radius 3 is 1.83 bits per heavy atom. The van der Waals surface area contributed by atoms with E-state index in [1.54, 1.807) is 6.92 Å². The zero-order valence-electron chi connectivity index (χ0n) is 11.0. The van der Waals surface area contributed by atoms with Gasteiger partial charge in [0.2, 0.25) is 0 Å². The van der Waals surface area contributed by atoms with Crippen molar-refractivity contribution in [3.05, 3.63) is 12.2 Å². The summed E-state index contributed by atoms with van der Waals surface area (Å²) in [5.74, 6) is -3.50. The molecule has 0 amide bonds. The van der Waals surface area contributed by atoms with Crippen molar-refractivity contribution in [1.29, 1.82) is 0 Å². The second kappa shape index (κ2) is 8.27. The monoisotopic (exact) mass is 258 g/mol. The van der Waals surface area contributed by atoms with Crippen molar-refractivity contribution in [2.45, 2.75) is 13.3 Å². The average molecular weight is 258 g/mol. The summed E-state index contributed by atoms with van der Waals surface area (Å²) in [6, 6.07) is 0. The van der Waals surface area contributed by atoms with Crippen LogP contribution in [-0.4, -0.2) is 39.2 Å². The molecule has 0 heterocycles. The van der Waals surface area contributed by atoms with Crippen LogP contribution < -0.4 is 0 Å². The fraction of sp³-hybridized carbons (Fsp3) is 0.583. The molecule has 0 aromatic carbocycles. The molecule has 0 fully saturated rings. The van der Waals surface area contributed by atoms with Gasteiger partial charge in [-0.1, -0.05) is 13.0 Å². The average Bonchev–Trinajstić information content (AvgIpc) is 2.41. The lowest BCUT2D eigenvalue weighted by Gasteiger charge is -2.18. The van der Waals surface area contributed by atoms with Crippen LogP contribution in [0.3, 0.4) is 0 Å². The molecule has 6 heteroatoms. The van der Waals surface area contributed by atoms with Gasteiger partial charge in [-0.3, -0.25) is 9.59 Å². The summed E-state index contributed by atoms with van der Waals surface area (Å²) in [7, 11) is 3.62. The van der Waals surface area contributed by atoms with E-state index in [4.69, 9.17) is 0 Å². The van der Waals surface area contributed by atoms with Crippen molar-refractivity contribution in [2.75, 3.05) is 21.3 Å². The minimum atomic E-state index is -1.08. The summed E-state index contributed by atoms with van der Waals surface area (Å²) in [5, 5.41) is 0. The van der Waals surface area contributed by atoms with E-state index in [0.29, 0.717) is 6.42 Å². The predicted octanol–water partition coefficient (Wildman–Crippen LogP) is 0.704. The number of methoxy groups -OCH3 is 3. The predicted molar refractivity (Wildman–Crippen MR) is 62.5 cm³/mol. The smallest absolute Gasteiger partial charge is 0.330 e. The third-order valence-corrected chi connectivity index (χ3v) is 2.49.